The summed E-state index contributed by atoms with van der Waals surface area (Å²) in [4.78, 5) is 35.2. The molecule has 0 bridgehead atoms. The molecular weight excluding hydrogens is 468 g/mol. The number of nitrogens with one attached hydrogen (secondary N) is 2. The van der Waals surface area contributed by atoms with Gasteiger partial charge >= 0.3 is 5.69 Å². The van der Waals surface area contributed by atoms with Crippen molar-refractivity contribution >= 4 is 16.9 Å². The highest BCUT2D eigenvalue weighted by molar-refractivity contribution is 5.77. The number of carbonyl (C=O) groups is 1. The molecule has 9 heteroatoms. The molecule has 2 N–H and O–H groups in total. The molecule has 2 atom stereocenters. The average molecular weight is 501 g/mol. The Morgan fingerprint density at radius 1 is 1.05 bits per heavy atom. The van der Waals surface area contributed by atoms with Crippen molar-refractivity contribution in [3.05, 3.63) is 70.9 Å². The van der Waals surface area contributed by atoms with Crippen LogP contribution in [0.2, 0.25) is 0 Å². The number of pyridine rings is 1. The maximum Gasteiger partial charge on any atom is 0.326 e. The van der Waals surface area contributed by atoms with Crippen molar-refractivity contribution in [1.82, 2.24) is 29.9 Å². The molecule has 1 aromatic carbocycles. The highest BCUT2D eigenvalue weighted by Gasteiger charge is 2.32. The number of para-hydroxylation sites is 2. The van der Waals surface area contributed by atoms with Crippen LogP contribution < -0.4 is 11.0 Å². The van der Waals surface area contributed by atoms with Crippen LogP contribution in [0.15, 0.2) is 64.0 Å². The van der Waals surface area contributed by atoms with Crippen LogP contribution in [0.1, 0.15) is 37.4 Å². The standard InChI is InChI=1S/C28H32N6O3/c35-27(33-13-9-22(10-14-33)34-25-7-2-1-5-23(25)31-28(34)36)16-19-8-12-29-18-20(19)15-21-17-26(37-32-21)24-6-3-4-11-30-24/h1-7,11,17,19-20,22,29H,8-10,12-16,18H2,(H,31,36). The lowest BCUT2D eigenvalue weighted by molar-refractivity contribution is -0.134. The number of H-pyrrole nitrogens is 1. The number of aromatic amines is 1. The molecule has 37 heavy (non-hydrogen) atoms. The summed E-state index contributed by atoms with van der Waals surface area (Å²) < 4.78 is 7.42. The zero-order valence-electron chi connectivity index (χ0n) is 20.8. The molecule has 5 heterocycles. The van der Waals surface area contributed by atoms with E-state index in [0.29, 0.717) is 37.1 Å². The van der Waals surface area contributed by atoms with Gasteiger partial charge in [-0.3, -0.25) is 14.3 Å². The Hall–Kier alpha value is -3.72. The zero-order chi connectivity index (χ0) is 25.2. The number of likely N-dealkylation sites (tertiary alicyclic amines) is 1. The number of fused-ring (bicyclic) bond motifs is 1. The van der Waals surface area contributed by atoms with Crippen LogP contribution in [0, 0.1) is 11.8 Å². The number of hydrogen-bond acceptors (Lipinski definition) is 6. The second kappa shape index (κ2) is 10.3. The Balaban J connectivity index is 1.07. The van der Waals surface area contributed by atoms with Gasteiger partial charge in [-0.2, -0.15) is 0 Å². The summed E-state index contributed by atoms with van der Waals surface area (Å²) in [5.41, 5.74) is 3.41. The predicted octanol–water partition coefficient (Wildman–Crippen LogP) is 3.40. The molecule has 2 aliphatic rings. The lowest BCUT2D eigenvalue weighted by Gasteiger charge is -2.36. The van der Waals surface area contributed by atoms with Gasteiger partial charge < -0.3 is 19.7 Å². The molecule has 9 nitrogen and oxygen atoms in total. The molecule has 3 aromatic heterocycles. The maximum absolute atomic E-state index is 13.3. The van der Waals surface area contributed by atoms with Crippen LogP contribution >= 0.6 is 0 Å². The van der Waals surface area contributed by atoms with E-state index in [1.165, 1.54) is 0 Å². The molecular formula is C28H32N6O3. The van der Waals surface area contributed by atoms with Crippen LogP contribution in [0.3, 0.4) is 0 Å². The van der Waals surface area contributed by atoms with Crippen LogP contribution in [0.25, 0.3) is 22.5 Å². The fourth-order valence-electron chi connectivity index (χ4n) is 5.95. The van der Waals surface area contributed by atoms with E-state index in [1.54, 1.807) is 6.20 Å². The molecule has 0 saturated carbocycles. The lowest BCUT2D eigenvalue weighted by Crippen LogP contribution is -2.44. The number of rotatable bonds is 6. The van der Waals surface area contributed by atoms with Crippen molar-refractivity contribution in [2.75, 3.05) is 26.2 Å². The van der Waals surface area contributed by atoms with Gasteiger partial charge in [0.15, 0.2) is 5.76 Å². The largest absolute Gasteiger partial charge is 0.354 e. The van der Waals surface area contributed by atoms with E-state index in [0.717, 1.165) is 61.2 Å². The Morgan fingerprint density at radius 3 is 2.73 bits per heavy atom. The second-order valence-electron chi connectivity index (χ2n) is 10.2. The molecule has 2 unspecified atom stereocenters. The molecule has 0 aliphatic carbocycles. The van der Waals surface area contributed by atoms with E-state index < -0.39 is 0 Å². The van der Waals surface area contributed by atoms with Crippen molar-refractivity contribution in [2.45, 2.75) is 38.1 Å². The predicted molar refractivity (Wildman–Crippen MR) is 140 cm³/mol. The number of amides is 1. The molecule has 2 saturated heterocycles. The van der Waals surface area contributed by atoms with Crippen LogP contribution in [0.4, 0.5) is 0 Å². The van der Waals surface area contributed by atoms with Crippen molar-refractivity contribution in [2.24, 2.45) is 11.8 Å². The van der Waals surface area contributed by atoms with Gasteiger partial charge in [-0.15, -0.1) is 0 Å². The number of imidazole rings is 1. The molecule has 0 radical (unpaired) electrons. The van der Waals surface area contributed by atoms with E-state index >= 15 is 0 Å². The quantitative estimate of drug-likeness (QED) is 0.420. The topological polar surface area (TPSA) is 109 Å². The summed E-state index contributed by atoms with van der Waals surface area (Å²) in [5.74, 6) is 1.51. The van der Waals surface area contributed by atoms with Gasteiger partial charge in [-0.05, 0) is 74.9 Å². The summed E-state index contributed by atoms with van der Waals surface area (Å²) in [6.45, 7) is 3.16. The van der Waals surface area contributed by atoms with Crippen molar-refractivity contribution < 1.29 is 9.32 Å². The smallest absolute Gasteiger partial charge is 0.326 e. The minimum Gasteiger partial charge on any atom is -0.354 e. The first kappa shape index (κ1) is 23.7. The van der Waals surface area contributed by atoms with Crippen LogP contribution in [-0.2, 0) is 11.2 Å². The summed E-state index contributed by atoms with van der Waals surface area (Å²) in [6, 6.07) is 15.6. The molecule has 2 aliphatic heterocycles. The Labute approximate surface area is 214 Å². The van der Waals surface area contributed by atoms with Gasteiger partial charge in [-0.1, -0.05) is 23.4 Å². The van der Waals surface area contributed by atoms with Crippen LogP contribution in [-0.4, -0.2) is 56.7 Å². The van der Waals surface area contributed by atoms with Gasteiger partial charge in [0.25, 0.3) is 0 Å². The first-order chi connectivity index (χ1) is 18.2. The number of carbonyl (C=O) groups excluding carboxylic acids is 1. The van der Waals surface area contributed by atoms with E-state index in [2.05, 4.69) is 20.4 Å². The number of aromatic nitrogens is 4. The third-order valence-electron chi connectivity index (χ3n) is 7.96. The summed E-state index contributed by atoms with van der Waals surface area (Å²) in [6.07, 6.45) is 5.62. The SMILES string of the molecule is O=C(CC1CCNCC1Cc1cc(-c2ccccn2)on1)N1CCC(n2c(=O)[nH]c3ccccc32)CC1. The Kier molecular flexibility index (Phi) is 6.61. The minimum absolute atomic E-state index is 0.0671. The maximum atomic E-state index is 13.3. The Bertz CT molecular complexity index is 1420. The number of hydrogen-bond donors (Lipinski definition) is 2. The van der Waals surface area contributed by atoms with Crippen molar-refractivity contribution in [3.63, 3.8) is 0 Å². The third kappa shape index (κ3) is 4.96. The van der Waals surface area contributed by atoms with Gasteiger partial charge in [-0.25, -0.2) is 4.79 Å². The van der Waals surface area contributed by atoms with Gasteiger partial charge in [0, 0.05) is 37.8 Å². The average Bonchev–Trinajstić information content (AvgIpc) is 3.54. The van der Waals surface area contributed by atoms with E-state index in [4.69, 9.17) is 4.52 Å². The summed E-state index contributed by atoms with van der Waals surface area (Å²) in [7, 11) is 0. The van der Waals surface area contributed by atoms with Gasteiger partial charge in [0.2, 0.25) is 5.91 Å². The van der Waals surface area contributed by atoms with Crippen molar-refractivity contribution in [1.29, 1.82) is 0 Å². The monoisotopic (exact) mass is 500 g/mol. The number of nitrogens with zero attached hydrogens (tertiary/aromatic N) is 4. The normalized spacial score (nSPS) is 20.9. The lowest BCUT2D eigenvalue weighted by atomic mass is 9.81. The minimum atomic E-state index is -0.0671. The fraction of sp³-hybridized carbons (Fsp3) is 0.429. The van der Waals surface area contributed by atoms with Crippen LogP contribution in [0.5, 0.6) is 0 Å². The molecule has 1 amide bonds. The second-order valence-corrected chi connectivity index (χ2v) is 10.2. The fourth-order valence-corrected chi connectivity index (χ4v) is 5.95. The molecule has 192 valence electrons. The van der Waals surface area contributed by atoms with E-state index in [1.807, 2.05) is 58.0 Å². The third-order valence-corrected chi connectivity index (χ3v) is 7.96. The van der Waals surface area contributed by atoms with Gasteiger partial charge in [0.1, 0.15) is 5.69 Å². The van der Waals surface area contributed by atoms with E-state index in [-0.39, 0.29) is 17.6 Å². The summed E-state index contributed by atoms with van der Waals surface area (Å²) in [5, 5.41) is 7.77. The first-order valence-corrected chi connectivity index (χ1v) is 13.2. The summed E-state index contributed by atoms with van der Waals surface area (Å²) >= 11 is 0. The van der Waals surface area contributed by atoms with Gasteiger partial charge in [0.05, 0.1) is 16.7 Å². The first-order valence-electron chi connectivity index (χ1n) is 13.2. The number of benzene rings is 1. The molecule has 4 aromatic rings. The molecule has 6 rings (SSSR count). The van der Waals surface area contributed by atoms with Crippen molar-refractivity contribution in [3.8, 4) is 11.5 Å². The number of piperidine rings is 2. The zero-order valence-corrected chi connectivity index (χ0v) is 20.8. The van der Waals surface area contributed by atoms with E-state index in [9.17, 15) is 9.59 Å². The highest BCUT2D eigenvalue weighted by atomic mass is 16.5. The molecule has 2 fully saturated rings. The Morgan fingerprint density at radius 2 is 1.89 bits per heavy atom. The molecule has 0 spiro atoms. The highest BCUT2D eigenvalue weighted by Crippen LogP contribution is 2.30.